The lowest BCUT2D eigenvalue weighted by Gasteiger charge is -2.25. The van der Waals surface area contributed by atoms with Crippen LogP contribution in [0.3, 0.4) is 0 Å². The fourth-order valence-electron chi connectivity index (χ4n) is 2.32. The lowest BCUT2D eigenvalue weighted by Crippen LogP contribution is -2.35. The molecular formula is C13H13ClFN3O. The van der Waals surface area contributed by atoms with E-state index in [2.05, 4.69) is 4.99 Å². The quantitative estimate of drug-likeness (QED) is 0.926. The molecule has 3 rings (SSSR count). The minimum atomic E-state index is -0.471. The van der Waals surface area contributed by atoms with Crippen LogP contribution in [0.2, 0.25) is 5.02 Å². The van der Waals surface area contributed by atoms with Crippen LogP contribution in [0.1, 0.15) is 24.4 Å². The van der Waals surface area contributed by atoms with E-state index in [0.29, 0.717) is 18.0 Å². The van der Waals surface area contributed by atoms with Crippen molar-refractivity contribution in [1.29, 1.82) is 0 Å². The highest BCUT2D eigenvalue weighted by atomic mass is 35.5. The van der Waals surface area contributed by atoms with Gasteiger partial charge in [0, 0.05) is 17.1 Å². The van der Waals surface area contributed by atoms with Gasteiger partial charge in [-0.15, -0.1) is 0 Å². The monoisotopic (exact) mass is 281 g/mol. The predicted octanol–water partition coefficient (Wildman–Crippen LogP) is 2.72. The molecule has 2 N–H and O–H groups in total. The van der Waals surface area contributed by atoms with Crippen LogP contribution in [-0.2, 0) is 0 Å². The number of amidine groups is 1. The van der Waals surface area contributed by atoms with Gasteiger partial charge in [0.25, 0.3) is 0 Å². The average Bonchev–Trinajstić information content (AvgIpc) is 3.09. The fraction of sp³-hybridized carbons (Fsp3) is 0.385. The first-order chi connectivity index (χ1) is 9.06. The molecule has 100 valence electrons. The minimum absolute atomic E-state index is 0.221. The van der Waals surface area contributed by atoms with Crippen LogP contribution in [0.15, 0.2) is 23.2 Å². The largest absolute Gasteiger partial charge is 0.385 e. The number of aliphatic imine (C=N–C) groups is 1. The molecule has 1 heterocycles. The van der Waals surface area contributed by atoms with Gasteiger partial charge >= 0.3 is 6.03 Å². The Hall–Kier alpha value is -1.62. The molecule has 0 spiro atoms. The Morgan fingerprint density at radius 2 is 2.21 bits per heavy atom. The SMILES string of the molecule is NC1=NC(=O)N(CC2CC2)C1c1ccc(F)cc1Cl. The Morgan fingerprint density at radius 1 is 1.47 bits per heavy atom. The summed E-state index contributed by atoms with van der Waals surface area (Å²) in [6, 6.07) is 3.29. The standard InChI is InChI=1S/C13H13ClFN3O/c14-10-5-8(15)3-4-9(10)11-12(16)17-13(19)18(11)6-7-1-2-7/h3-5,7,11H,1-2,6H2,(H2,16,17,19). The van der Waals surface area contributed by atoms with Gasteiger partial charge in [-0.1, -0.05) is 17.7 Å². The van der Waals surface area contributed by atoms with Crippen molar-refractivity contribution in [3.05, 3.63) is 34.6 Å². The van der Waals surface area contributed by atoms with Crippen molar-refractivity contribution in [1.82, 2.24) is 4.90 Å². The number of urea groups is 1. The summed E-state index contributed by atoms with van der Waals surface area (Å²) in [5, 5.41) is 0.263. The van der Waals surface area contributed by atoms with Gasteiger partial charge in [-0.25, -0.2) is 9.18 Å². The summed E-state index contributed by atoms with van der Waals surface area (Å²) in [6.45, 7) is 0.626. The van der Waals surface area contributed by atoms with Gasteiger partial charge in [0.05, 0.1) is 0 Å². The molecule has 4 nitrogen and oxygen atoms in total. The van der Waals surface area contributed by atoms with Crippen molar-refractivity contribution in [2.75, 3.05) is 6.54 Å². The number of amides is 2. The van der Waals surface area contributed by atoms with E-state index in [-0.39, 0.29) is 16.9 Å². The number of carbonyl (C=O) groups is 1. The van der Waals surface area contributed by atoms with Crippen LogP contribution in [0.4, 0.5) is 9.18 Å². The van der Waals surface area contributed by atoms with Crippen molar-refractivity contribution in [3.8, 4) is 0 Å². The van der Waals surface area contributed by atoms with Crippen LogP contribution < -0.4 is 5.73 Å². The number of nitrogens with two attached hydrogens (primary N) is 1. The van der Waals surface area contributed by atoms with Crippen LogP contribution in [-0.4, -0.2) is 23.3 Å². The summed E-state index contributed by atoms with van der Waals surface area (Å²) < 4.78 is 13.1. The van der Waals surface area contributed by atoms with Gasteiger partial charge in [-0.05, 0) is 30.9 Å². The second-order valence-electron chi connectivity index (χ2n) is 4.98. The van der Waals surface area contributed by atoms with Crippen LogP contribution in [0, 0.1) is 11.7 Å². The first-order valence-corrected chi connectivity index (χ1v) is 6.53. The van der Waals surface area contributed by atoms with Gasteiger partial charge in [-0.3, -0.25) is 0 Å². The Morgan fingerprint density at radius 3 is 2.84 bits per heavy atom. The maximum Gasteiger partial charge on any atom is 0.346 e. The van der Waals surface area contributed by atoms with Gasteiger partial charge in [0.2, 0.25) is 0 Å². The van der Waals surface area contributed by atoms with Gasteiger partial charge < -0.3 is 10.6 Å². The highest BCUT2D eigenvalue weighted by Gasteiger charge is 2.38. The van der Waals surface area contributed by atoms with Gasteiger partial charge in [0.15, 0.2) is 0 Å². The zero-order valence-electron chi connectivity index (χ0n) is 10.1. The van der Waals surface area contributed by atoms with E-state index in [1.54, 1.807) is 11.0 Å². The molecule has 1 unspecified atom stereocenters. The van der Waals surface area contributed by atoms with Gasteiger partial charge in [-0.2, -0.15) is 4.99 Å². The normalized spacial score (nSPS) is 22.8. The summed E-state index contributed by atoms with van der Waals surface area (Å²) in [7, 11) is 0. The number of benzene rings is 1. The molecule has 19 heavy (non-hydrogen) atoms. The second-order valence-corrected chi connectivity index (χ2v) is 5.39. The van der Waals surface area contributed by atoms with Crippen molar-refractivity contribution in [2.24, 2.45) is 16.6 Å². The lowest BCUT2D eigenvalue weighted by molar-refractivity contribution is 0.204. The lowest BCUT2D eigenvalue weighted by atomic mass is 10.0. The molecule has 1 aromatic carbocycles. The molecule has 1 atom stereocenters. The molecule has 6 heteroatoms. The highest BCUT2D eigenvalue weighted by Crippen LogP contribution is 2.37. The Labute approximate surface area is 115 Å². The third-order valence-electron chi connectivity index (χ3n) is 3.47. The van der Waals surface area contributed by atoms with Crippen molar-refractivity contribution in [2.45, 2.75) is 18.9 Å². The summed E-state index contributed by atoms with van der Waals surface area (Å²) >= 11 is 6.05. The van der Waals surface area contributed by atoms with E-state index in [1.165, 1.54) is 12.1 Å². The molecule has 1 aliphatic heterocycles. The molecule has 0 saturated heterocycles. The van der Waals surface area contributed by atoms with E-state index >= 15 is 0 Å². The molecule has 1 fully saturated rings. The number of rotatable bonds is 3. The molecule has 1 saturated carbocycles. The molecule has 0 bridgehead atoms. The highest BCUT2D eigenvalue weighted by molar-refractivity contribution is 6.31. The first-order valence-electron chi connectivity index (χ1n) is 6.16. The van der Waals surface area contributed by atoms with Crippen molar-refractivity contribution in [3.63, 3.8) is 0 Å². The minimum Gasteiger partial charge on any atom is -0.385 e. The summed E-state index contributed by atoms with van der Waals surface area (Å²) in [6.07, 6.45) is 2.24. The molecular weight excluding hydrogens is 269 g/mol. The number of hydrogen-bond acceptors (Lipinski definition) is 2. The molecule has 1 aliphatic carbocycles. The van der Waals surface area contributed by atoms with E-state index < -0.39 is 11.9 Å². The van der Waals surface area contributed by atoms with Gasteiger partial charge in [0.1, 0.15) is 17.7 Å². The number of carbonyl (C=O) groups excluding carboxylic acids is 1. The average molecular weight is 282 g/mol. The fourth-order valence-corrected chi connectivity index (χ4v) is 2.59. The van der Waals surface area contributed by atoms with E-state index in [4.69, 9.17) is 17.3 Å². The topological polar surface area (TPSA) is 58.7 Å². The van der Waals surface area contributed by atoms with Crippen LogP contribution >= 0.6 is 11.6 Å². The first kappa shape index (κ1) is 12.4. The molecule has 2 amide bonds. The maximum atomic E-state index is 13.1. The van der Waals surface area contributed by atoms with E-state index in [1.807, 2.05) is 0 Å². The van der Waals surface area contributed by atoms with E-state index in [0.717, 1.165) is 12.8 Å². The van der Waals surface area contributed by atoms with Crippen LogP contribution in [0.25, 0.3) is 0 Å². The third kappa shape index (κ3) is 2.30. The summed E-state index contributed by atoms with van der Waals surface area (Å²) in [4.78, 5) is 17.3. The zero-order valence-corrected chi connectivity index (χ0v) is 10.9. The number of nitrogens with zero attached hydrogens (tertiary/aromatic N) is 2. The zero-order chi connectivity index (χ0) is 13.6. The smallest absolute Gasteiger partial charge is 0.346 e. The van der Waals surface area contributed by atoms with Crippen LogP contribution in [0.5, 0.6) is 0 Å². The Balaban J connectivity index is 1.95. The summed E-state index contributed by atoms with van der Waals surface area (Å²) in [5.41, 5.74) is 6.45. The number of halogens is 2. The second kappa shape index (κ2) is 4.49. The summed E-state index contributed by atoms with van der Waals surface area (Å²) in [5.74, 6) is 0.327. The van der Waals surface area contributed by atoms with Crippen molar-refractivity contribution < 1.29 is 9.18 Å². The van der Waals surface area contributed by atoms with Crippen molar-refractivity contribution >= 4 is 23.5 Å². The van der Waals surface area contributed by atoms with E-state index in [9.17, 15) is 9.18 Å². The Bertz CT molecular complexity index is 571. The molecule has 0 radical (unpaired) electrons. The predicted molar refractivity (Wildman–Crippen MR) is 70.6 cm³/mol. The maximum absolute atomic E-state index is 13.1. The molecule has 2 aliphatic rings. The third-order valence-corrected chi connectivity index (χ3v) is 3.80. The number of hydrogen-bond donors (Lipinski definition) is 1. The molecule has 1 aromatic rings. The Kier molecular flexibility index (Phi) is 2.93. The molecule has 0 aromatic heterocycles.